The molecule has 0 bridgehead atoms. The molecule has 1 atom stereocenters. The average Bonchev–Trinajstić information content (AvgIpc) is 3.07. The maximum Gasteiger partial charge on any atom is 0.263 e. The zero-order chi connectivity index (χ0) is 19.2. The van der Waals surface area contributed by atoms with Crippen molar-refractivity contribution < 1.29 is 9.59 Å². The van der Waals surface area contributed by atoms with Crippen LogP contribution < -0.4 is 10.6 Å². The lowest BCUT2D eigenvalue weighted by Gasteiger charge is -2.17. The van der Waals surface area contributed by atoms with E-state index >= 15 is 0 Å². The zero-order valence-corrected chi connectivity index (χ0v) is 16.0. The smallest absolute Gasteiger partial charge is 0.263 e. The summed E-state index contributed by atoms with van der Waals surface area (Å²) in [5.41, 5.74) is 2.21. The van der Waals surface area contributed by atoms with E-state index in [0.717, 1.165) is 12.0 Å². The van der Waals surface area contributed by atoms with E-state index < -0.39 is 0 Å². The Morgan fingerprint density at radius 1 is 1.00 bits per heavy atom. The number of amides is 2. The number of hydrogen-bond donors (Lipinski definition) is 2. The molecule has 0 spiro atoms. The third-order valence-corrected chi connectivity index (χ3v) is 5.25. The molecule has 3 rings (SSSR count). The van der Waals surface area contributed by atoms with Crippen LogP contribution in [0.1, 0.15) is 50.7 Å². The molecular weight excluding hydrogens is 358 g/mol. The third-order valence-electron chi connectivity index (χ3n) is 4.17. The number of nitrogens with one attached hydrogen (secondary N) is 2. The predicted molar refractivity (Wildman–Crippen MR) is 108 cm³/mol. The molecule has 5 nitrogen and oxygen atoms in total. The molecule has 1 unspecified atom stereocenters. The van der Waals surface area contributed by atoms with Crippen molar-refractivity contribution in [3.05, 3.63) is 82.4 Å². The van der Waals surface area contributed by atoms with Crippen LogP contribution in [0.4, 0.5) is 5.13 Å². The summed E-state index contributed by atoms with van der Waals surface area (Å²) < 4.78 is 0. The normalized spacial score (nSPS) is 11.6. The van der Waals surface area contributed by atoms with Crippen LogP contribution in [0.2, 0.25) is 0 Å². The summed E-state index contributed by atoms with van der Waals surface area (Å²) in [6.07, 6.45) is 0.783. The van der Waals surface area contributed by atoms with Crippen LogP contribution in [-0.4, -0.2) is 16.8 Å². The fourth-order valence-electron chi connectivity index (χ4n) is 2.75. The van der Waals surface area contributed by atoms with Gasteiger partial charge in [0.25, 0.3) is 11.8 Å². The third kappa shape index (κ3) is 4.60. The highest BCUT2D eigenvalue weighted by Crippen LogP contribution is 2.25. The molecule has 0 radical (unpaired) electrons. The number of aromatic nitrogens is 1. The number of hydrogen-bond acceptors (Lipinski definition) is 4. The summed E-state index contributed by atoms with van der Waals surface area (Å²) in [6, 6.07) is 18.7. The highest BCUT2D eigenvalue weighted by molar-refractivity contribution is 7.17. The van der Waals surface area contributed by atoms with Gasteiger partial charge < -0.3 is 5.32 Å². The molecule has 1 heterocycles. The van der Waals surface area contributed by atoms with Crippen LogP contribution in [0.5, 0.6) is 0 Å². The Morgan fingerprint density at radius 3 is 2.26 bits per heavy atom. The average molecular weight is 379 g/mol. The number of rotatable bonds is 6. The van der Waals surface area contributed by atoms with Gasteiger partial charge in [-0.3, -0.25) is 14.9 Å². The molecule has 0 aliphatic carbocycles. The van der Waals surface area contributed by atoms with Crippen molar-refractivity contribution in [3.8, 4) is 0 Å². The molecule has 27 heavy (non-hydrogen) atoms. The van der Waals surface area contributed by atoms with Crippen LogP contribution in [0, 0.1) is 6.92 Å². The Morgan fingerprint density at radius 2 is 1.63 bits per heavy atom. The molecular formula is C21H21N3O2S. The van der Waals surface area contributed by atoms with E-state index in [-0.39, 0.29) is 17.9 Å². The summed E-state index contributed by atoms with van der Waals surface area (Å²) >= 11 is 1.18. The lowest BCUT2D eigenvalue weighted by molar-refractivity contribution is 0.0938. The molecule has 138 valence electrons. The molecule has 0 saturated carbocycles. The molecule has 0 fully saturated rings. The molecule has 3 aromatic rings. The van der Waals surface area contributed by atoms with Crippen molar-refractivity contribution in [3.63, 3.8) is 0 Å². The summed E-state index contributed by atoms with van der Waals surface area (Å²) in [6.45, 7) is 3.80. The minimum Gasteiger partial charge on any atom is -0.344 e. The lowest BCUT2D eigenvalue weighted by atomic mass is 10.0. The van der Waals surface area contributed by atoms with Gasteiger partial charge in [0, 0.05) is 5.56 Å². The van der Waals surface area contributed by atoms with Gasteiger partial charge in [-0.05, 0) is 31.0 Å². The zero-order valence-electron chi connectivity index (χ0n) is 15.2. The predicted octanol–water partition coefficient (Wildman–Crippen LogP) is 4.58. The van der Waals surface area contributed by atoms with Crippen molar-refractivity contribution in [2.24, 2.45) is 0 Å². The number of aryl methyl sites for hydroxylation is 1. The molecule has 0 aliphatic heterocycles. The highest BCUT2D eigenvalue weighted by atomic mass is 32.1. The number of anilines is 1. The maximum absolute atomic E-state index is 12.7. The minimum absolute atomic E-state index is 0.0671. The first kappa shape index (κ1) is 18.8. The van der Waals surface area contributed by atoms with E-state index in [9.17, 15) is 9.59 Å². The second-order valence-electron chi connectivity index (χ2n) is 6.10. The Kier molecular flexibility index (Phi) is 5.98. The maximum atomic E-state index is 12.7. The van der Waals surface area contributed by atoms with Crippen molar-refractivity contribution in [1.82, 2.24) is 10.3 Å². The minimum atomic E-state index is -0.243. The largest absolute Gasteiger partial charge is 0.344 e. The van der Waals surface area contributed by atoms with Crippen LogP contribution in [0.15, 0.2) is 60.7 Å². The molecule has 2 amide bonds. The summed E-state index contributed by atoms with van der Waals surface area (Å²) in [5, 5.41) is 6.23. The van der Waals surface area contributed by atoms with Crippen molar-refractivity contribution in [2.45, 2.75) is 26.3 Å². The van der Waals surface area contributed by atoms with E-state index in [1.165, 1.54) is 11.3 Å². The number of benzene rings is 2. The van der Waals surface area contributed by atoms with Crippen LogP contribution in [0.3, 0.4) is 0 Å². The fraction of sp³-hybridized carbons (Fsp3) is 0.190. The molecule has 0 aliphatic rings. The monoisotopic (exact) mass is 379 g/mol. The molecule has 1 aromatic heterocycles. The highest BCUT2D eigenvalue weighted by Gasteiger charge is 2.20. The number of nitrogens with zero attached hydrogens (tertiary/aromatic N) is 1. The van der Waals surface area contributed by atoms with Gasteiger partial charge in [0.2, 0.25) is 0 Å². The van der Waals surface area contributed by atoms with Crippen molar-refractivity contribution >= 4 is 28.3 Å². The first-order chi connectivity index (χ1) is 13.1. The van der Waals surface area contributed by atoms with Crippen LogP contribution in [-0.2, 0) is 0 Å². The number of thiazole rings is 1. The SMILES string of the molecule is CCC(NC(=O)c1sc(NC(=O)c2ccccc2)nc1C)c1ccccc1. The quantitative estimate of drug-likeness (QED) is 0.658. The topological polar surface area (TPSA) is 71.1 Å². The number of carbonyl (C=O) groups excluding carboxylic acids is 2. The lowest BCUT2D eigenvalue weighted by Crippen LogP contribution is -2.28. The Balaban J connectivity index is 1.72. The second-order valence-corrected chi connectivity index (χ2v) is 7.10. The van der Waals surface area contributed by atoms with Gasteiger partial charge in [-0.15, -0.1) is 0 Å². The Bertz CT molecular complexity index is 923. The first-order valence-corrected chi connectivity index (χ1v) is 9.59. The summed E-state index contributed by atoms with van der Waals surface area (Å²) in [7, 11) is 0. The molecule has 0 saturated heterocycles. The van der Waals surface area contributed by atoms with E-state index in [0.29, 0.717) is 21.3 Å². The van der Waals surface area contributed by atoms with Gasteiger partial charge in [0.05, 0.1) is 11.7 Å². The van der Waals surface area contributed by atoms with E-state index in [1.54, 1.807) is 31.2 Å². The summed E-state index contributed by atoms with van der Waals surface area (Å²) in [4.78, 5) is 29.8. The van der Waals surface area contributed by atoms with Gasteiger partial charge in [-0.2, -0.15) is 0 Å². The standard InChI is InChI=1S/C21H21N3O2S/c1-3-17(15-10-6-4-7-11-15)23-20(26)18-14(2)22-21(27-18)24-19(25)16-12-8-5-9-13-16/h4-13,17H,3H2,1-2H3,(H,23,26)(H,22,24,25). The van der Waals surface area contributed by atoms with Crippen LogP contribution in [0.25, 0.3) is 0 Å². The molecule has 6 heteroatoms. The van der Waals surface area contributed by atoms with Crippen molar-refractivity contribution in [2.75, 3.05) is 5.32 Å². The van der Waals surface area contributed by atoms with E-state index in [4.69, 9.17) is 0 Å². The molecule has 2 aromatic carbocycles. The number of carbonyl (C=O) groups is 2. The van der Waals surface area contributed by atoms with Crippen LogP contribution >= 0.6 is 11.3 Å². The van der Waals surface area contributed by atoms with E-state index in [1.807, 2.05) is 43.3 Å². The summed E-state index contributed by atoms with van der Waals surface area (Å²) in [5.74, 6) is -0.423. The van der Waals surface area contributed by atoms with Gasteiger partial charge in [-0.25, -0.2) is 4.98 Å². The Hall–Kier alpha value is -2.99. The first-order valence-electron chi connectivity index (χ1n) is 8.78. The van der Waals surface area contributed by atoms with Gasteiger partial charge in [0.1, 0.15) is 4.88 Å². The van der Waals surface area contributed by atoms with Crippen molar-refractivity contribution in [1.29, 1.82) is 0 Å². The Labute approximate surface area is 162 Å². The fourth-order valence-corrected chi connectivity index (χ4v) is 3.61. The van der Waals surface area contributed by atoms with Gasteiger partial charge in [-0.1, -0.05) is 66.8 Å². The van der Waals surface area contributed by atoms with Gasteiger partial charge in [0.15, 0.2) is 5.13 Å². The molecule has 2 N–H and O–H groups in total. The second kappa shape index (κ2) is 8.60. The van der Waals surface area contributed by atoms with E-state index in [2.05, 4.69) is 15.6 Å². The van der Waals surface area contributed by atoms with Gasteiger partial charge >= 0.3 is 0 Å².